The lowest BCUT2D eigenvalue weighted by molar-refractivity contribution is 0.457. The largest absolute Gasteiger partial charge is 0.506 e. The molecule has 0 unspecified atom stereocenters. The molecule has 2 rings (SSSR count). The Morgan fingerprint density at radius 3 is 2.59 bits per heavy atom. The molecule has 0 fully saturated rings. The van der Waals surface area contributed by atoms with Crippen LogP contribution >= 0.6 is 15.9 Å². The van der Waals surface area contributed by atoms with Gasteiger partial charge in [0.2, 0.25) is 0 Å². The van der Waals surface area contributed by atoms with Crippen molar-refractivity contribution < 1.29 is 5.11 Å². The van der Waals surface area contributed by atoms with Crippen LogP contribution in [0.1, 0.15) is 5.69 Å². The van der Waals surface area contributed by atoms with Crippen molar-refractivity contribution in [1.82, 2.24) is 9.78 Å². The molecule has 1 aromatic carbocycles. The molecule has 1 aromatic heterocycles. The number of nitrogens with two attached hydrogens (primary N) is 1. The van der Waals surface area contributed by atoms with Crippen LogP contribution in [0.15, 0.2) is 39.6 Å². The number of hydrogen-bond donors (Lipinski definition) is 2. The standard InChI is InChI=1S/C11H10BrN3O2/c12-7-1-3-8(4-2-7)15-11(17)5-10(16)9(6-13)14-15/h1-5,16H,6,13H2. The second-order valence-electron chi connectivity index (χ2n) is 3.41. The van der Waals surface area contributed by atoms with Crippen molar-refractivity contribution >= 4 is 15.9 Å². The minimum atomic E-state index is -0.401. The minimum Gasteiger partial charge on any atom is -0.506 e. The van der Waals surface area contributed by atoms with Crippen LogP contribution in [0.25, 0.3) is 5.69 Å². The lowest BCUT2D eigenvalue weighted by Gasteiger charge is -2.07. The summed E-state index contributed by atoms with van der Waals surface area (Å²) in [5, 5.41) is 13.4. The van der Waals surface area contributed by atoms with E-state index in [0.29, 0.717) is 5.69 Å². The van der Waals surface area contributed by atoms with Crippen LogP contribution in [0, 0.1) is 0 Å². The van der Waals surface area contributed by atoms with Crippen molar-refractivity contribution in [2.24, 2.45) is 5.73 Å². The zero-order chi connectivity index (χ0) is 12.4. The first-order valence-corrected chi connectivity index (χ1v) is 5.69. The van der Waals surface area contributed by atoms with Gasteiger partial charge < -0.3 is 10.8 Å². The van der Waals surface area contributed by atoms with Gasteiger partial charge in [0, 0.05) is 17.1 Å². The van der Waals surface area contributed by atoms with Crippen molar-refractivity contribution in [3.05, 3.63) is 50.9 Å². The Kier molecular flexibility index (Phi) is 3.26. The number of hydrogen-bond acceptors (Lipinski definition) is 4. The van der Waals surface area contributed by atoms with E-state index in [2.05, 4.69) is 21.0 Å². The molecule has 0 aliphatic carbocycles. The number of halogens is 1. The second kappa shape index (κ2) is 4.68. The van der Waals surface area contributed by atoms with Crippen LogP contribution in [0.3, 0.4) is 0 Å². The highest BCUT2D eigenvalue weighted by molar-refractivity contribution is 9.10. The molecule has 0 saturated carbocycles. The fourth-order valence-electron chi connectivity index (χ4n) is 1.40. The zero-order valence-corrected chi connectivity index (χ0v) is 10.4. The van der Waals surface area contributed by atoms with Gasteiger partial charge in [-0.2, -0.15) is 9.78 Å². The van der Waals surface area contributed by atoms with E-state index in [1.54, 1.807) is 24.3 Å². The fourth-order valence-corrected chi connectivity index (χ4v) is 1.66. The van der Waals surface area contributed by atoms with E-state index < -0.39 is 5.56 Å². The van der Waals surface area contributed by atoms with Gasteiger partial charge in [-0.15, -0.1) is 0 Å². The SMILES string of the molecule is NCc1nn(-c2ccc(Br)cc2)c(=O)cc1O. The van der Waals surface area contributed by atoms with Crippen molar-refractivity contribution in [2.45, 2.75) is 6.54 Å². The minimum absolute atomic E-state index is 0.0721. The van der Waals surface area contributed by atoms with Crippen molar-refractivity contribution in [1.29, 1.82) is 0 Å². The fraction of sp³-hybridized carbons (Fsp3) is 0.0909. The van der Waals surface area contributed by atoms with E-state index in [4.69, 9.17) is 5.73 Å². The Hall–Kier alpha value is -1.66. The Labute approximate surface area is 106 Å². The van der Waals surface area contributed by atoms with E-state index in [9.17, 15) is 9.90 Å². The summed E-state index contributed by atoms with van der Waals surface area (Å²) in [6.07, 6.45) is 0. The molecule has 0 radical (unpaired) electrons. The first-order valence-electron chi connectivity index (χ1n) is 4.90. The highest BCUT2D eigenvalue weighted by atomic mass is 79.9. The molecular formula is C11H10BrN3O2. The lowest BCUT2D eigenvalue weighted by Crippen LogP contribution is -2.22. The monoisotopic (exact) mass is 295 g/mol. The molecule has 2 aromatic rings. The Bertz CT molecular complexity index is 593. The van der Waals surface area contributed by atoms with Crippen LogP contribution in [0.5, 0.6) is 5.75 Å². The van der Waals surface area contributed by atoms with E-state index in [1.807, 2.05) is 0 Å². The van der Waals surface area contributed by atoms with Gasteiger partial charge in [0.1, 0.15) is 11.4 Å². The van der Waals surface area contributed by atoms with Crippen molar-refractivity contribution in [2.75, 3.05) is 0 Å². The Balaban J connectivity index is 2.59. The van der Waals surface area contributed by atoms with Crippen LogP contribution in [0.4, 0.5) is 0 Å². The summed E-state index contributed by atoms with van der Waals surface area (Å²) in [6, 6.07) is 8.21. The summed E-state index contributed by atoms with van der Waals surface area (Å²) < 4.78 is 2.11. The second-order valence-corrected chi connectivity index (χ2v) is 4.32. The highest BCUT2D eigenvalue weighted by Gasteiger charge is 2.07. The third-order valence-electron chi connectivity index (χ3n) is 2.25. The molecule has 0 aliphatic heterocycles. The van der Waals surface area contributed by atoms with Gasteiger partial charge in [0.15, 0.2) is 0 Å². The normalized spacial score (nSPS) is 10.5. The number of aromatic hydroxyl groups is 1. The van der Waals surface area contributed by atoms with Gasteiger partial charge in [-0.3, -0.25) is 4.79 Å². The van der Waals surface area contributed by atoms with E-state index >= 15 is 0 Å². The van der Waals surface area contributed by atoms with Gasteiger partial charge in [-0.05, 0) is 24.3 Å². The Morgan fingerprint density at radius 1 is 1.35 bits per heavy atom. The summed E-state index contributed by atoms with van der Waals surface area (Å²) in [6.45, 7) is 0.0721. The van der Waals surface area contributed by atoms with E-state index in [1.165, 1.54) is 4.68 Å². The topological polar surface area (TPSA) is 81.1 Å². The van der Waals surface area contributed by atoms with Gasteiger partial charge in [-0.1, -0.05) is 15.9 Å². The average Bonchev–Trinajstić information content (AvgIpc) is 2.31. The molecule has 0 aliphatic rings. The summed E-state index contributed by atoms with van der Waals surface area (Å²) in [4.78, 5) is 11.7. The lowest BCUT2D eigenvalue weighted by atomic mass is 10.3. The molecule has 0 saturated heterocycles. The average molecular weight is 296 g/mol. The summed E-state index contributed by atoms with van der Waals surface area (Å²) >= 11 is 3.31. The van der Waals surface area contributed by atoms with Crippen molar-refractivity contribution in [3.8, 4) is 11.4 Å². The molecule has 6 heteroatoms. The molecule has 0 amide bonds. The molecule has 0 bridgehead atoms. The molecule has 0 atom stereocenters. The molecule has 1 heterocycles. The molecule has 3 N–H and O–H groups in total. The smallest absolute Gasteiger partial charge is 0.275 e. The van der Waals surface area contributed by atoms with Crippen molar-refractivity contribution in [3.63, 3.8) is 0 Å². The number of rotatable bonds is 2. The molecule has 88 valence electrons. The predicted octanol–water partition coefficient (Wildman–Crippen LogP) is 1.16. The van der Waals surface area contributed by atoms with E-state index in [0.717, 1.165) is 10.5 Å². The summed E-state index contributed by atoms with van der Waals surface area (Å²) in [5.41, 5.74) is 5.93. The van der Waals surface area contributed by atoms with Crippen LogP contribution in [0.2, 0.25) is 0 Å². The number of benzene rings is 1. The third-order valence-corrected chi connectivity index (χ3v) is 2.78. The van der Waals surface area contributed by atoms with Crippen LogP contribution in [-0.4, -0.2) is 14.9 Å². The van der Waals surface area contributed by atoms with Gasteiger partial charge >= 0.3 is 0 Å². The predicted molar refractivity (Wildman–Crippen MR) is 67.1 cm³/mol. The maximum Gasteiger partial charge on any atom is 0.275 e. The summed E-state index contributed by atoms with van der Waals surface area (Å²) in [7, 11) is 0. The van der Waals surface area contributed by atoms with Crippen LogP contribution in [-0.2, 0) is 6.54 Å². The van der Waals surface area contributed by atoms with Crippen LogP contribution < -0.4 is 11.3 Å². The number of nitrogens with zero attached hydrogens (tertiary/aromatic N) is 2. The zero-order valence-electron chi connectivity index (χ0n) is 8.80. The Morgan fingerprint density at radius 2 is 2.00 bits per heavy atom. The van der Waals surface area contributed by atoms with Gasteiger partial charge in [0.05, 0.1) is 5.69 Å². The molecular weight excluding hydrogens is 286 g/mol. The first-order chi connectivity index (χ1) is 8.11. The highest BCUT2D eigenvalue weighted by Crippen LogP contribution is 2.14. The quantitative estimate of drug-likeness (QED) is 0.871. The molecule has 0 spiro atoms. The molecule has 5 nitrogen and oxygen atoms in total. The maximum atomic E-state index is 11.7. The third kappa shape index (κ3) is 2.37. The first kappa shape index (κ1) is 11.8. The van der Waals surface area contributed by atoms with Gasteiger partial charge in [-0.25, -0.2) is 0 Å². The number of aromatic nitrogens is 2. The summed E-state index contributed by atoms with van der Waals surface area (Å²) in [5.74, 6) is -0.175. The van der Waals surface area contributed by atoms with Gasteiger partial charge in [0.25, 0.3) is 5.56 Å². The van der Waals surface area contributed by atoms with E-state index in [-0.39, 0.29) is 18.0 Å². The molecule has 17 heavy (non-hydrogen) atoms. The maximum absolute atomic E-state index is 11.7.